The number of allylic oxidation sites excluding steroid dienone is 2. The number of nitrogens with two attached hydrogens (primary N) is 2. The van der Waals surface area contributed by atoms with Gasteiger partial charge in [0.05, 0.1) is 29.7 Å². The van der Waals surface area contributed by atoms with E-state index in [2.05, 4.69) is 0 Å². The van der Waals surface area contributed by atoms with E-state index >= 15 is 0 Å². The van der Waals surface area contributed by atoms with Crippen LogP contribution < -0.4 is 11.5 Å². The minimum atomic E-state index is -1.51. The highest BCUT2D eigenvalue weighted by Crippen LogP contribution is 2.62. The van der Waals surface area contributed by atoms with Gasteiger partial charge in [0.2, 0.25) is 11.8 Å². The lowest BCUT2D eigenvalue weighted by Gasteiger charge is -2.48. The molecule has 2 amide bonds. The Morgan fingerprint density at radius 3 is 1.75 bits per heavy atom. The van der Waals surface area contributed by atoms with Gasteiger partial charge in [-0.1, -0.05) is 41.5 Å². The van der Waals surface area contributed by atoms with Gasteiger partial charge in [-0.05, 0) is 51.0 Å². The second-order valence-corrected chi connectivity index (χ2v) is 20.1. The number of carbonyl (C=O) groups is 7. The summed E-state index contributed by atoms with van der Waals surface area (Å²) in [5.41, 5.74) is 8.85. The number of fused-ring (bicyclic) bond motifs is 5. The minimum Gasteiger partial charge on any atom is -0.481 e. The molecule has 0 radical (unpaired) electrons. The van der Waals surface area contributed by atoms with Gasteiger partial charge in [-0.2, -0.15) is 0 Å². The summed E-state index contributed by atoms with van der Waals surface area (Å²) in [6.45, 7) is 14.7. The second-order valence-electron chi connectivity index (χ2n) is 20.1. The van der Waals surface area contributed by atoms with Crippen molar-refractivity contribution in [2.24, 2.45) is 82.7 Å². The average molecular weight is 881 g/mol. The van der Waals surface area contributed by atoms with Gasteiger partial charge >= 0.3 is 29.8 Å². The van der Waals surface area contributed by atoms with Gasteiger partial charge in [0, 0.05) is 113 Å². The van der Waals surface area contributed by atoms with Gasteiger partial charge in [0.15, 0.2) is 0 Å². The molecule has 63 heavy (non-hydrogen) atoms. The molecule has 18 nitrogen and oxygen atoms in total. The molecule has 0 fully saturated rings. The first-order valence-electron chi connectivity index (χ1n) is 21.7. The maximum absolute atomic E-state index is 13.3. The summed E-state index contributed by atoms with van der Waals surface area (Å²) in [6.07, 6.45) is -1.93. The number of aliphatic imine (C=N–C) groups is 4. The van der Waals surface area contributed by atoms with Crippen molar-refractivity contribution < 1.29 is 59.1 Å². The monoisotopic (exact) mass is 880 g/mol. The number of carboxylic acids is 5. The van der Waals surface area contributed by atoms with Crippen LogP contribution in [0.4, 0.5) is 0 Å². The number of rotatable bonds is 18. The smallest absolute Gasteiger partial charge is 0.303 e. The molecule has 8 bridgehead atoms. The first-order valence-corrected chi connectivity index (χ1v) is 21.7. The van der Waals surface area contributed by atoms with Gasteiger partial charge in [-0.15, -0.1) is 0 Å². The fourth-order valence-electron chi connectivity index (χ4n) is 12.5. The Morgan fingerprint density at radius 1 is 0.683 bits per heavy atom. The van der Waals surface area contributed by atoms with Crippen LogP contribution in [0.1, 0.15) is 132 Å². The summed E-state index contributed by atoms with van der Waals surface area (Å²) >= 11 is 0. The third-order valence-corrected chi connectivity index (χ3v) is 15.9. The Balaban J connectivity index is 1.97. The second kappa shape index (κ2) is 17.4. The summed E-state index contributed by atoms with van der Waals surface area (Å²) < 4.78 is 0. The van der Waals surface area contributed by atoms with Crippen molar-refractivity contribution in [1.29, 1.82) is 0 Å². The number of carbonyl (C=O) groups excluding carboxylic acids is 2. The first kappa shape index (κ1) is 48.7. The van der Waals surface area contributed by atoms with Crippen molar-refractivity contribution in [3.8, 4) is 0 Å². The lowest BCUT2D eigenvalue weighted by atomic mass is 9.55. The van der Waals surface area contributed by atoms with E-state index in [0.29, 0.717) is 34.1 Å². The van der Waals surface area contributed by atoms with Crippen LogP contribution in [-0.4, -0.2) is 108 Å². The molecule has 0 saturated carbocycles. The third-order valence-electron chi connectivity index (χ3n) is 15.9. The van der Waals surface area contributed by atoms with Crippen LogP contribution in [0.2, 0.25) is 0 Å². The number of primary amides is 2. The van der Waals surface area contributed by atoms with E-state index in [1.165, 1.54) is 0 Å². The van der Waals surface area contributed by atoms with E-state index in [0.717, 1.165) is 0 Å². The van der Waals surface area contributed by atoms with Crippen LogP contribution in [0, 0.1) is 51.2 Å². The molecule has 5 heterocycles. The summed E-state index contributed by atoms with van der Waals surface area (Å²) in [6, 6.07) is -1.68. The number of nitrogens with zero attached hydrogens (tertiary/aromatic N) is 4. The molecular formula is C45H64N6O12. The minimum absolute atomic E-state index is 0.0231. The number of aliphatic carboxylic acids is 5. The molecule has 0 spiro atoms. The number of hydrogen-bond donors (Lipinski definition) is 7. The quantitative estimate of drug-likeness (QED) is 0.0976. The average Bonchev–Trinajstić information content (AvgIpc) is 3.75. The van der Waals surface area contributed by atoms with Gasteiger partial charge in [-0.25, -0.2) is 0 Å². The molecule has 346 valence electrons. The van der Waals surface area contributed by atoms with Gasteiger partial charge in [0.25, 0.3) is 0 Å². The highest BCUT2D eigenvalue weighted by atomic mass is 16.4. The molecule has 5 aliphatic rings. The maximum atomic E-state index is 13.3. The summed E-state index contributed by atoms with van der Waals surface area (Å²) in [7, 11) is 0. The van der Waals surface area contributed by atoms with E-state index in [1.54, 1.807) is 34.6 Å². The van der Waals surface area contributed by atoms with E-state index in [4.69, 9.17) is 31.4 Å². The zero-order valence-corrected chi connectivity index (χ0v) is 37.6. The molecule has 0 aromatic carbocycles. The SMILES string of the molecule is C/C1=C2/N=C(CC3=NC(C(C)C4=NC(C(CC(=O)O)C4(C)CCC(=O)O)C4(C)N=C1C(CCC(=O)O)C4(C)CC(N)=O)C(CCC(=O)O)C3(C)C)C(CCC(=O)O)C2(C)CC(N)=O. The number of hydrogen-bond acceptors (Lipinski definition) is 11. The van der Waals surface area contributed by atoms with Gasteiger partial charge < -0.3 is 37.0 Å². The lowest BCUT2D eigenvalue weighted by molar-refractivity contribution is -0.140. The van der Waals surface area contributed by atoms with Crippen LogP contribution in [-0.2, 0) is 33.6 Å². The Hall–Kier alpha value is -5.29. The van der Waals surface area contributed by atoms with E-state index in [1.807, 2.05) is 20.8 Å². The third kappa shape index (κ3) is 8.70. The molecular weight excluding hydrogens is 817 g/mol. The highest BCUT2D eigenvalue weighted by molar-refractivity contribution is 6.12. The van der Waals surface area contributed by atoms with E-state index in [-0.39, 0.29) is 70.6 Å². The standard InChI is InChI=1S/C45H64N6O12/c1-21-36-24(10-13-32(56)57)41(3,4)28(49-36)18-27-23(9-12-31(54)55)43(6,19-29(46)52)39(48-27)22(2)37-25(11-14-33(58)59)44(7,20-30(47)53)45(8,51-37)40-26(17-35(62)63)42(5,38(21)50-40)16-15-34(60)61/h21,23-26,36,40H,9-20H2,1-8H3,(H2,46,52)(H2,47,53)(H,54,55)(H,56,57)(H,58,59)(H,60,61)(H,62,63)/b39-22-. The predicted molar refractivity (Wildman–Crippen MR) is 232 cm³/mol. The zero-order chi connectivity index (χ0) is 47.4. The lowest BCUT2D eigenvalue weighted by Crippen LogP contribution is -2.56. The predicted octanol–water partition coefficient (Wildman–Crippen LogP) is 4.81. The Kier molecular flexibility index (Phi) is 13.4. The molecule has 18 heteroatoms. The highest BCUT2D eigenvalue weighted by Gasteiger charge is 2.67. The largest absolute Gasteiger partial charge is 0.481 e. The van der Waals surface area contributed by atoms with Gasteiger partial charge in [0.1, 0.15) is 0 Å². The van der Waals surface area contributed by atoms with Crippen molar-refractivity contribution in [3.05, 3.63) is 11.3 Å². The fourth-order valence-corrected chi connectivity index (χ4v) is 12.5. The fraction of sp³-hybridized carbons (Fsp3) is 0.711. The van der Waals surface area contributed by atoms with Crippen molar-refractivity contribution in [2.75, 3.05) is 0 Å². The van der Waals surface area contributed by atoms with E-state index < -0.39 is 117 Å². The van der Waals surface area contributed by atoms with E-state index in [9.17, 15) is 59.1 Å². The summed E-state index contributed by atoms with van der Waals surface area (Å²) in [5.74, 6) is -10.4. The molecule has 5 aliphatic heterocycles. The Morgan fingerprint density at radius 2 is 1.22 bits per heavy atom. The Bertz CT molecular complexity index is 2140. The molecule has 0 aromatic rings. The van der Waals surface area contributed by atoms with Crippen LogP contribution in [0.5, 0.6) is 0 Å². The normalized spacial score (nSPS) is 36.6. The van der Waals surface area contributed by atoms with Crippen LogP contribution >= 0.6 is 0 Å². The van der Waals surface area contributed by atoms with Crippen molar-refractivity contribution in [2.45, 2.75) is 150 Å². The molecule has 0 aliphatic carbocycles. The van der Waals surface area contributed by atoms with Crippen molar-refractivity contribution in [3.63, 3.8) is 0 Å². The molecule has 0 aromatic heterocycles. The van der Waals surface area contributed by atoms with Crippen LogP contribution in [0.15, 0.2) is 31.2 Å². The number of amides is 2. The number of carboxylic acid groups (broad SMARTS) is 5. The topological polar surface area (TPSA) is 322 Å². The Labute approximate surface area is 366 Å². The van der Waals surface area contributed by atoms with Crippen LogP contribution in [0.25, 0.3) is 0 Å². The summed E-state index contributed by atoms with van der Waals surface area (Å²) in [5, 5.41) is 50.7. The first-order chi connectivity index (χ1) is 29.0. The maximum Gasteiger partial charge on any atom is 0.303 e. The van der Waals surface area contributed by atoms with Crippen LogP contribution in [0.3, 0.4) is 0 Å². The molecule has 9 N–H and O–H groups in total. The molecule has 0 saturated heterocycles. The van der Waals surface area contributed by atoms with Crippen molar-refractivity contribution in [1.82, 2.24) is 0 Å². The summed E-state index contributed by atoms with van der Waals surface area (Å²) in [4.78, 5) is 110. The van der Waals surface area contributed by atoms with Crippen molar-refractivity contribution >= 4 is 64.5 Å². The van der Waals surface area contributed by atoms with Gasteiger partial charge in [-0.3, -0.25) is 53.5 Å². The molecule has 11 unspecified atom stereocenters. The molecule has 5 rings (SSSR count). The zero-order valence-electron chi connectivity index (χ0n) is 37.6. The molecule has 11 atom stereocenters.